The molecule has 0 aromatic heterocycles. The van der Waals surface area contributed by atoms with Crippen LogP contribution in [0.15, 0.2) is 5.16 Å². The van der Waals surface area contributed by atoms with E-state index in [2.05, 4.69) is 5.16 Å². The van der Waals surface area contributed by atoms with E-state index in [4.69, 9.17) is 24.2 Å². The molecular weight excluding hydrogens is 254 g/mol. The van der Waals surface area contributed by atoms with E-state index in [0.717, 1.165) is 0 Å². The third-order valence-electron chi connectivity index (χ3n) is 3.13. The number of oxime groups is 1. The summed E-state index contributed by atoms with van der Waals surface area (Å²) in [5.74, 6) is -1.58. The predicted octanol–water partition coefficient (Wildman–Crippen LogP) is 0.479. The molecule has 2 N–H and O–H groups in total. The first-order valence-corrected chi connectivity index (χ1v) is 6.27. The highest BCUT2D eigenvalue weighted by Gasteiger charge is 2.49. The smallest absolute Gasteiger partial charge is 0.164 e. The first-order chi connectivity index (χ1) is 8.74. The first kappa shape index (κ1) is 14.7. The van der Waals surface area contributed by atoms with Gasteiger partial charge in [-0.1, -0.05) is 5.16 Å². The Morgan fingerprint density at radius 1 is 1.16 bits per heavy atom. The van der Waals surface area contributed by atoms with Crippen LogP contribution in [0.1, 0.15) is 27.7 Å². The van der Waals surface area contributed by atoms with Crippen LogP contribution in [0.25, 0.3) is 0 Å². The monoisotopic (exact) mass is 275 g/mol. The summed E-state index contributed by atoms with van der Waals surface area (Å²) < 4.78 is 22.2. The van der Waals surface area contributed by atoms with E-state index in [0.29, 0.717) is 0 Å². The van der Waals surface area contributed by atoms with Crippen LogP contribution < -0.4 is 0 Å². The van der Waals surface area contributed by atoms with Crippen molar-refractivity contribution in [2.75, 3.05) is 6.61 Å². The summed E-state index contributed by atoms with van der Waals surface area (Å²) in [6, 6.07) is 0. The Labute approximate surface area is 112 Å². The van der Waals surface area contributed by atoms with E-state index in [1.165, 1.54) is 6.21 Å². The lowest BCUT2D eigenvalue weighted by atomic mass is 10.0. The highest BCUT2D eigenvalue weighted by atomic mass is 16.8. The van der Waals surface area contributed by atoms with Crippen LogP contribution in [0.4, 0.5) is 0 Å². The van der Waals surface area contributed by atoms with E-state index in [1.54, 1.807) is 27.7 Å². The Kier molecular flexibility index (Phi) is 3.85. The lowest BCUT2D eigenvalue weighted by Crippen LogP contribution is -2.45. The first-order valence-electron chi connectivity index (χ1n) is 6.27. The van der Waals surface area contributed by atoms with Crippen molar-refractivity contribution in [3.05, 3.63) is 0 Å². The standard InChI is InChI=1S/C12H21NO6/c1-11(2)16-6-8(18-11)9(14)10-7(5-13-15)17-12(3,4)19-10/h5,7-10,14-15H,6H2,1-4H3/b13-5+/t7-,8+,9-,10-/m1/s1. The third-order valence-corrected chi connectivity index (χ3v) is 3.13. The van der Waals surface area contributed by atoms with Crippen molar-refractivity contribution in [3.8, 4) is 0 Å². The molecule has 4 atom stereocenters. The summed E-state index contributed by atoms with van der Waals surface area (Å²) in [5, 5.41) is 22.0. The average molecular weight is 275 g/mol. The van der Waals surface area contributed by atoms with Crippen LogP contribution in [0, 0.1) is 0 Å². The molecule has 2 rings (SSSR count). The summed E-state index contributed by atoms with van der Waals surface area (Å²) >= 11 is 0. The van der Waals surface area contributed by atoms with E-state index < -0.39 is 36.0 Å². The second kappa shape index (κ2) is 4.99. The maximum Gasteiger partial charge on any atom is 0.164 e. The van der Waals surface area contributed by atoms with E-state index >= 15 is 0 Å². The summed E-state index contributed by atoms with van der Waals surface area (Å²) in [4.78, 5) is 0. The summed E-state index contributed by atoms with van der Waals surface area (Å²) in [5.41, 5.74) is 0. The quantitative estimate of drug-likeness (QED) is 0.442. The van der Waals surface area contributed by atoms with Gasteiger partial charge in [-0.2, -0.15) is 0 Å². The van der Waals surface area contributed by atoms with Crippen LogP contribution in [-0.2, 0) is 18.9 Å². The highest BCUT2D eigenvalue weighted by molar-refractivity contribution is 5.64. The SMILES string of the molecule is CC1(C)OC[C@@H]([C@@H](O)[C@@H]2OC(C)(C)O[C@@H]2/C=N/O)O1. The van der Waals surface area contributed by atoms with Gasteiger partial charge in [-0.05, 0) is 27.7 Å². The molecule has 7 heteroatoms. The Morgan fingerprint density at radius 3 is 2.37 bits per heavy atom. The number of aliphatic hydroxyl groups excluding tert-OH is 1. The van der Waals surface area contributed by atoms with Crippen molar-refractivity contribution in [2.45, 2.75) is 63.7 Å². The van der Waals surface area contributed by atoms with Gasteiger partial charge in [0.25, 0.3) is 0 Å². The van der Waals surface area contributed by atoms with E-state index in [1.807, 2.05) is 0 Å². The van der Waals surface area contributed by atoms with Gasteiger partial charge >= 0.3 is 0 Å². The van der Waals surface area contributed by atoms with Gasteiger partial charge in [0.1, 0.15) is 24.4 Å². The second-order valence-corrected chi connectivity index (χ2v) is 5.69. The van der Waals surface area contributed by atoms with Crippen LogP contribution >= 0.6 is 0 Å². The molecule has 0 aliphatic carbocycles. The third kappa shape index (κ3) is 3.24. The topological polar surface area (TPSA) is 89.7 Å². The summed E-state index contributed by atoms with van der Waals surface area (Å²) in [7, 11) is 0. The molecule has 110 valence electrons. The Balaban J connectivity index is 2.07. The minimum absolute atomic E-state index is 0.275. The zero-order valence-corrected chi connectivity index (χ0v) is 11.6. The van der Waals surface area contributed by atoms with Gasteiger partial charge in [-0.25, -0.2) is 0 Å². The summed E-state index contributed by atoms with van der Waals surface area (Å²) in [6.07, 6.45) is -1.56. The lowest BCUT2D eigenvalue weighted by Gasteiger charge is -2.25. The molecule has 0 aromatic rings. The normalized spacial score (nSPS) is 38.9. The zero-order valence-electron chi connectivity index (χ0n) is 11.6. The molecule has 7 nitrogen and oxygen atoms in total. The number of ether oxygens (including phenoxy) is 4. The number of aliphatic hydroxyl groups is 1. The van der Waals surface area contributed by atoms with Crippen molar-refractivity contribution in [2.24, 2.45) is 5.16 Å². The molecule has 19 heavy (non-hydrogen) atoms. The fraction of sp³-hybridized carbons (Fsp3) is 0.917. The Morgan fingerprint density at radius 2 is 1.84 bits per heavy atom. The van der Waals surface area contributed by atoms with Gasteiger partial charge in [0.15, 0.2) is 11.6 Å². The molecule has 2 fully saturated rings. The molecule has 0 saturated carbocycles. The molecular formula is C12H21NO6. The largest absolute Gasteiger partial charge is 0.411 e. The molecule has 0 amide bonds. The van der Waals surface area contributed by atoms with Gasteiger partial charge in [-0.3, -0.25) is 0 Å². The zero-order chi connectivity index (χ0) is 14.3. The lowest BCUT2D eigenvalue weighted by molar-refractivity contribution is -0.178. The Hall–Kier alpha value is -0.730. The van der Waals surface area contributed by atoms with Gasteiger partial charge in [-0.15, -0.1) is 0 Å². The molecule has 2 aliphatic rings. The highest BCUT2D eigenvalue weighted by Crippen LogP contribution is 2.33. The van der Waals surface area contributed by atoms with Crippen LogP contribution in [0.3, 0.4) is 0 Å². The predicted molar refractivity (Wildman–Crippen MR) is 65.0 cm³/mol. The second-order valence-electron chi connectivity index (χ2n) is 5.69. The molecule has 0 unspecified atom stereocenters. The van der Waals surface area contributed by atoms with Crippen molar-refractivity contribution >= 4 is 6.21 Å². The molecule has 0 spiro atoms. The molecule has 0 radical (unpaired) electrons. The molecule has 0 bridgehead atoms. The minimum Gasteiger partial charge on any atom is -0.411 e. The van der Waals surface area contributed by atoms with Crippen molar-refractivity contribution in [1.82, 2.24) is 0 Å². The number of hydrogen-bond acceptors (Lipinski definition) is 7. The fourth-order valence-electron chi connectivity index (χ4n) is 2.36. The van der Waals surface area contributed by atoms with Gasteiger partial charge < -0.3 is 29.3 Å². The maximum atomic E-state index is 10.4. The maximum absolute atomic E-state index is 10.4. The molecule has 2 heterocycles. The Bertz CT molecular complexity index is 356. The van der Waals surface area contributed by atoms with Crippen molar-refractivity contribution in [1.29, 1.82) is 0 Å². The van der Waals surface area contributed by atoms with Crippen LogP contribution in [-0.4, -0.2) is 59.1 Å². The molecule has 0 aromatic carbocycles. The van der Waals surface area contributed by atoms with Gasteiger partial charge in [0.05, 0.1) is 12.8 Å². The minimum atomic E-state index is -0.938. The number of rotatable bonds is 3. The van der Waals surface area contributed by atoms with Crippen LogP contribution in [0.2, 0.25) is 0 Å². The number of nitrogens with zero attached hydrogens (tertiary/aromatic N) is 1. The molecule has 2 saturated heterocycles. The van der Waals surface area contributed by atoms with E-state index in [9.17, 15) is 5.11 Å². The van der Waals surface area contributed by atoms with E-state index in [-0.39, 0.29) is 6.61 Å². The van der Waals surface area contributed by atoms with Crippen LogP contribution in [0.5, 0.6) is 0 Å². The summed E-state index contributed by atoms with van der Waals surface area (Å²) in [6.45, 7) is 7.30. The van der Waals surface area contributed by atoms with Gasteiger partial charge in [0, 0.05) is 0 Å². The van der Waals surface area contributed by atoms with Crippen molar-refractivity contribution < 1.29 is 29.3 Å². The van der Waals surface area contributed by atoms with Gasteiger partial charge in [0.2, 0.25) is 0 Å². The fourth-order valence-corrected chi connectivity index (χ4v) is 2.36. The number of hydrogen-bond donors (Lipinski definition) is 2. The average Bonchev–Trinajstić information content (AvgIpc) is 2.78. The molecule has 2 aliphatic heterocycles. The van der Waals surface area contributed by atoms with Crippen molar-refractivity contribution in [3.63, 3.8) is 0 Å².